The van der Waals surface area contributed by atoms with Crippen LogP contribution in [-0.4, -0.2) is 39.4 Å². The van der Waals surface area contributed by atoms with Crippen molar-refractivity contribution in [3.8, 4) is 0 Å². The second kappa shape index (κ2) is 3.49. The van der Waals surface area contributed by atoms with Gasteiger partial charge in [0.1, 0.15) is 6.04 Å². The molecule has 15 heavy (non-hydrogen) atoms. The molecule has 0 aromatic carbocycles. The van der Waals surface area contributed by atoms with Crippen LogP contribution in [0.25, 0.3) is 0 Å². The Labute approximate surface area is 94.3 Å². The summed E-state index contributed by atoms with van der Waals surface area (Å²) in [6.45, 7) is 2.31. The van der Waals surface area contributed by atoms with Crippen LogP contribution in [0, 0.1) is 5.92 Å². The van der Waals surface area contributed by atoms with Crippen molar-refractivity contribution in [2.75, 3.05) is 6.54 Å². The van der Waals surface area contributed by atoms with Crippen molar-refractivity contribution >= 4 is 24.6 Å². The van der Waals surface area contributed by atoms with Crippen molar-refractivity contribution < 1.29 is 19.2 Å². The maximum atomic E-state index is 12.1. The first kappa shape index (κ1) is 11.0. The van der Waals surface area contributed by atoms with E-state index in [0.29, 0.717) is 6.54 Å². The van der Waals surface area contributed by atoms with Crippen LogP contribution in [0.1, 0.15) is 26.2 Å². The fraction of sp³-hybridized carbons (Fsp3) is 0.800. The van der Waals surface area contributed by atoms with Gasteiger partial charge >= 0.3 is 12.0 Å². The third-order valence-electron chi connectivity index (χ3n) is 3.69. The van der Waals surface area contributed by atoms with Crippen LogP contribution in [0.2, 0.25) is 0 Å². The molecule has 1 aliphatic carbocycles. The van der Waals surface area contributed by atoms with Crippen LogP contribution in [0.15, 0.2) is 0 Å². The second-order valence-corrected chi connectivity index (χ2v) is 5.28. The van der Waals surface area contributed by atoms with Gasteiger partial charge in [-0.05, 0) is 13.3 Å². The zero-order chi connectivity index (χ0) is 11.2. The summed E-state index contributed by atoms with van der Waals surface area (Å²) < 4.78 is -0.359. The van der Waals surface area contributed by atoms with Crippen molar-refractivity contribution in [3.63, 3.8) is 0 Å². The standard InChI is InChI=1S/C10H15NO3S/c1-6-3-2-4-11(6,10(13)14)9(12)7-5-8(7)15/h6-8H,2-5H2,1H3,(H-,13,14,15)/p+1/t6-,7?,8?,11?/m1/s1. The highest BCUT2D eigenvalue weighted by molar-refractivity contribution is 7.81. The molecule has 2 amide bonds. The summed E-state index contributed by atoms with van der Waals surface area (Å²) in [7, 11) is 0. The second-order valence-electron chi connectivity index (χ2n) is 4.61. The molecule has 2 rings (SSSR count). The summed E-state index contributed by atoms with van der Waals surface area (Å²) in [5, 5.41) is 9.38. The highest BCUT2D eigenvalue weighted by Gasteiger charge is 2.59. The van der Waals surface area contributed by atoms with Gasteiger partial charge in [0.25, 0.3) is 0 Å². The van der Waals surface area contributed by atoms with E-state index in [1.165, 1.54) is 0 Å². The van der Waals surface area contributed by atoms with E-state index in [1.807, 2.05) is 6.92 Å². The SMILES string of the molecule is C[C@@H]1CCC[N+]1(C(=O)O)C(=O)C1CC1S. The summed E-state index contributed by atoms with van der Waals surface area (Å²) in [6, 6.07) is -0.0869. The number of rotatable bonds is 1. The van der Waals surface area contributed by atoms with E-state index in [0.717, 1.165) is 19.3 Å². The summed E-state index contributed by atoms with van der Waals surface area (Å²) in [5.74, 6) is -0.266. The monoisotopic (exact) mass is 230 g/mol. The van der Waals surface area contributed by atoms with Crippen molar-refractivity contribution in [2.24, 2.45) is 5.92 Å². The van der Waals surface area contributed by atoms with Crippen molar-refractivity contribution in [1.29, 1.82) is 0 Å². The highest BCUT2D eigenvalue weighted by Crippen LogP contribution is 2.42. The molecule has 84 valence electrons. The first-order chi connectivity index (χ1) is 7.00. The zero-order valence-corrected chi connectivity index (χ0v) is 9.61. The molecule has 0 aromatic heterocycles. The molecule has 2 fully saturated rings. The molecule has 4 atom stereocenters. The van der Waals surface area contributed by atoms with Gasteiger partial charge in [0.15, 0.2) is 0 Å². The van der Waals surface area contributed by atoms with Gasteiger partial charge in [-0.25, -0.2) is 4.79 Å². The number of carbonyl (C=O) groups is 2. The number of carboxylic acid groups (broad SMARTS) is 1. The number of nitrogens with zero attached hydrogens (tertiary/aromatic N) is 1. The minimum atomic E-state index is -0.988. The number of quaternary nitrogens is 1. The first-order valence-electron chi connectivity index (χ1n) is 5.34. The number of hydrogen-bond acceptors (Lipinski definition) is 3. The molecule has 1 heterocycles. The molecule has 4 nitrogen and oxygen atoms in total. The Bertz CT molecular complexity index is 320. The molecule has 0 spiro atoms. The Balaban J connectivity index is 2.26. The van der Waals surface area contributed by atoms with E-state index in [1.54, 1.807) is 0 Å². The van der Waals surface area contributed by atoms with Gasteiger partial charge in [-0.2, -0.15) is 21.9 Å². The van der Waals surface area contributed by atoms with Gasteiger partial charge in [-0.15, -0.1) is 0 Å². The van der Waals surface area contributed by atoms with Crippen LogP contribution < -0.4 is 0 Å². The molecule has 2 aliphatic rings. The van der Waals surface area contributed by atoms with Crippen LogP contribution in [0.5, 0.6) is 0 Å². The molecule has 3 unspecified atom stereocenters. The molecule has 1 saturated carbocycles. The molecule has 0 bridgehead atoms. The first-order valence-corrected chi connectivity index (χ1v) is 5.85. The molecule has 0 radical (unpaired) electrons. The third-order valence-corrected chi connectivity index (χ3v) is 4.26. The topological polar surface area (TPSA) is 54.4 Å². The Morgan fingerprint density at radius 1 is 1.47 bits per heavy atom. The quantitative estimate of drug-likeness (QED) is 0.530. The molecule has 5 heteroatoms. The predicted molar refractivity (Wildman–Crippen MR) is 57.7 cm³/mol. The summed E-state index contributed by atoms with van der Waals surface area (Å²) in [5.41, 5.74) is 0. The number of imide groups is 1. The number of thiol groups is 1. The Hall–Kier alpha value is -0.550. The minimum Gasteiger partial charge on any atom is -0.435 e. The lowest BCUT2D eigenvalue weighted by atomic mass is 10.2. The van der Waals surface area contributed by atoms with E-state index in [4.69, 9.17) is 0 Å². The lowest BCUT2D eigenvalue weighted by Crippen LogP contribution is -2.59. The van der Waals surface area contributed by atoms with E-state index in [-0.39, 0.29) is 27.6 Å². The molecule has 1 saturated heterocycles. The van der Waals surface area contributed by atoms with Crippen molar-refractivity contribution in [2.45, 2.75) is 37.5 Å². The Kier molecular flexibility index (Phi) is 2.55. The zero-order valence-electron chi connectivity index (χ0n) is 8.72. The van der Waals surface area contributed by atoms with Gasteiger partial charge in [-0.1, -0.05) is 0 Å². The molecule has 0 aromatic rings. The molecule has 1 aliphatic heterocycles. The van der Waals surface area contributed by atoms with E-state index < -0.39 is 6.09 Å². The average Bonchev–Trinajstić information content (AvgIpc) is 2.74. The fourth-order valence-corrected chi connectivity index (χ4v) is 2.88. The largest absolute Gasteiger partial charge is 0.521 e. The maximum Gasteiger partial charge on any atom is 0.521 e. The van der Waals surface area contributed by atoms with E-state index in [2.05, 4.69) is 12.6 Å². The van der Waals surface area contributed by atoms with Gasteiger partial charge in [0, 0.05) is 18.1 Å². The van der Waals surface area contributed by atoms with Crippen molar-refractivity contribution in [1.82, 2.24) is 0 Å². The predicted octanol–water partition coefficient (Wildman–Crippen LogP) is 1.51. The van der Waals surface area contributed by atoms with Gasteiger partial charge in [0.05, 0.1) is 12.5 Å². The number of amides is 2. The summed E-state index contributed by atoms with van der Waals surface area (Å²) >= 11 is 4.22. The van der Waals surface area contributed by atoms with E-state index in [9.17, 15) is 14.7 Å². The summed E-state index contributed by atoms with van der Waals surface area (Å²) in [4.78, 5) is 23.5. The summed E-state index contributed by atoms with van der Waals surface area (Å²) in [6.07, 6.45) is 1.39. The highest BCUT2D eigenvalue weighted by atomic mass is 32.1. The molecular formula is C10H16NO3S+. The third kappa shape index (κ3) is 1.49. The number of likely N-dealkylation sites (tertiary alicyclic amines) is 1. The maximum absolute atomic E-state index is 12.1. The normalized spacial score (nSPS) is 44.0. The fourth-order valence-electron chi connectivity index (χ4n) is 2.53. The average molecular weight is 230 g/mol. The number of hydrogen-bond donors (Lipinski definition) is 2. The smallest absolute Gasteiger partial charge is 0.435 e. The lowest BCUT2D eigenvalue weighted by Gasteiger charge is -2.29. The van der Waals surface area contributed by atoms with E-state index >= 15 is 0 Å². The van der Waals surface area contributed by atoms with Crippen LogP contribution in [0.4, 0.5) is 4.79 Å². The van der Waals surface area contributed by atoms with Crippen molar-refractivity contribution in [3.05, 3.63) is 0 Å². The van der Waals surface area contributed by atoms with Crippen LogP contribution in [-0.2, 0) is 4.79 Å². The van der Waals surface area contributed by atoms with Gasteiger partial charge < -0.3 is 5.11 Å². The Morgan fingerprint density at radius 2 is 2.07 bits per heavy atom. The lowest BCUT2D eigenvalue weighted by molar-refractivity contribution is -0.793. The van der Waals surface area contributed by atoms with Gasteiger partial charge in [-0.3, -0.25) is 0 Å². The van der Waals surface area contributed by atoms with Crippen LogP contribution in [0.3, 0.4) is 0 Å². The number of carbonyl (C=O) groups excluding carboxylic acids is 1. The van der Waals surface area contributed by atoms with Crippen LogP contribution >= 0.6 is 12.6 Å². The molecular weight excluding hydrogens is 214 g/mol. The van der Waals surface area contributed by atoms with Gasteiger partial charge in [0.2, 0.25) is 0 Å². The Morgan fingerprint density at radius 3 is 2.40 bits per heavy atom. The molecule has 1 N–H and O–H groups in total. The minimum absolute atomic E-state index is 0.0830.